The van der Waals surface area contributed by atoms with Gasteiger partial charge in [-0.3, -0.25) is 9.78 Å². The monoisotopic (exact) mass is 430 g/mol. The summed E-state index contributed by atoms with van der Waals surface area (Å²) in [6.07, 6.45) is 9.36. The molecule has 4 N–H and O–H groups in total. The van der Waals surface area contributed by atoms with Crippen LogP contribution >= 0.6 is 11.6 Å². The number of anilines is 2. The largest absolute Gasteiger partial charge is 0.381 e. The Bertz CT molecular complexity index is 890. The lowest BCUT2D eigenvalue weighted by Gasteiger charge is -2.22. The summed E-state index contributed by atoms with van der Waals surface area (Å²) in [5.74, 6) is 1.58. The van der Waals surface area contributed by atoms with E-state index in [0.29, 0.717) is 40.3 Å². The number of nitrogens with two attached hydrogens (primary N) is 1. The summed E-state index contributed by atoms with van der Waals surface area (Å²) >= 11 is 6.37. The number of hydrogen-bond donors (Lipinski definition) is 3. The Morgan fingerprint density at radius 1 is 1.17 bits per heavy atom. The van der Waals surface area contributed by atoms with E-state index in [-0.39, 0.29) is 17.9 Å². The lowest BCUT2D eigenvalue weighted by atomic mass is 10.0. The van der Waals surface area contributed by atoms with E-state index >= 15 is 0 Å². The molecule has 4 rings (SSSR count). The number of nitrogens with one attached hydrogen (secondary N) is 2. The van der Waals surface area contributed by atoms with Crippen molar-refractivity contribution in [1.82, 2.24) is 15.0 Å². The van der Waals surface area contributed by atoms with Gasteiger partial charge in [0.1, 0.15) is 11.6 Å². The van der Waals surface area contributed by atoms with Gasteiger partial charge in [-0.25, -0.2) is 9.97 Å². The van der Waals surface area contributed by atoms with Gasteiger partial charge in [0.05, 0.1) is 23.1 Å². The number of hydrogen-bond acceptors (Lipinski definition) is 7. The van der Waals surface area contributed by atoms with Crippen LogP contribution in [0.3, 0.4) is 0 Å². The van der Waals surface area contributed by atoms with E-state index in [1.807, 2.05) is 0 Å². The molecule has 1 saturated carbocycles. The molecule has 1 amide bonds. The summed E-state index contributed by atoms with van der Waals surface area (Å²) in [4.78, 5) is 25.7. The fourth-order valence-corrected chi connectivity index (χ4v) is 4.17. The second-order valence-corrected chi connectivity index (χ2v) is 8.44. The lowest BCUT2D eigenvalue weighted by Crippen LogP contribution is -2.23. The van der Waals surface area contributed by atoms with Crippen LogP contribution in [0.25, 0.3) is 11.3 Å². The zero-order valence-electron chi connectivity index (χ0n) is 16.8. The predicted octanol–water partition coefficient (Wildman–Crippen LogP) is 3.10. The third-order valence-corrected chi connectivity index (χ3v) is 6.08. The molecule has 30 heavy (non-hydrogen) atoms. The van der Waals surface area contributed by atoms with Crippen LogP contribution in [0.1, 0.15) is 32.1 Å². The second-order valence-electron chi connectivity index (χ2n) is 8.03. The maximum absolute atomic E-state index is 12.5. The average Bonchev–Trinajstić information content (AvgIpc) is 3.21. The van der Waals surface area contributed by atoms with Gasteiger partial charge in [-0.05, 0) is 44.1 Å². The molecule has 1 aliphatic heterocycles. The van der Waals surface area contributed by atoms with Crippen LogP contribution in [0.4, 0.5) is 11.6 Å². The molecule has 0 spiro atoms. The minimum Gasteiger partial charge on any atom is -0.381 e. The minimum absolute atomic E-state index is 0.0540. The van der Waals surface area contributed by atoms with Crippen LogP contribution < -0.4 is 16.4 Å². The molecule has 2 unspecified atom stereocenters. The van der Waals surface area contributed by atoms with E-state index < -0.39 is 0 Å². The Kier molecular flexibility index (Phi) is 6.76. The molecule has 8 nitrogen and oxygen atoms in total. The van der Waals surface area contributed by atoms with Crippen molar-refractivity contribution in [3.05, 3.63) is 29.7 Å². The minimum atomic E-state index is -0.0709. The molecule has 2 aliphatic rings. The Labute approximate surface area is 181 Å². The molecule has 3 heterocycles. The van der Waals surface area contributed by atoms with Crippen molar-refractivity contribution in [2.45, 2.75) is 38.1 Å². The number of nitrogens with zero attached hydrogens (tertiary/aromatic N) is 3. The summed E-state index contributed by atoms with van der Waals surface area (Å²) in [6.45, 7) is 2.45. The maximum atomic E-state index is 12.5. The van der Waals surface area contributed by atoms with Gasteiger partial charge in [0, 0.05) is 43.5 Å². The van der Waals surface area contributed by atoms with Gasteiger partial charge in [-0.2, -0.15) is 0 Å². The van der Waals surface area contributed by atoms with Gasteiger partial charge >= 0.3 is 0 Å². The van der Waals surface area contributed by atoms with Crippen molar-refractivity contribution in [3.63, 3.8) is 0 Å². The molecule has 2 aromatic heterocycles. The molecule has 0 bridgehead atoms. The molecule has 1 saturated heterocycles. The fourth-order valence-electron chi connectivity index (χ4n) is 3.97. The van der Waals surface area contributed by atoms with E-state index in [0.717, 1.165) is 45.4 Å². The first-order valence-corrected chi connectivity index (χ1v) is 10.8. The van der Waals surface area contributed by atoms with Crippen molar-refractivity contribution in [1.29, 1.82) is 0 Å². The number of aromatic nitrogens is 3. The van der Waals surface area contributed by atoms with Crippen molar-refractivity contribution < 1.29 is 9.53 Å². The third kappa shape index (κ3) is 5.24. The van der Waals surface area contributed by atoms with Gasteiger partial charge in [-0.1, -0.05) is 11.6 Å². The van der Waals surface area contributed by atoms with E-state index in [9.17, 15) is 4.79 Å². The zero-order chi connectivity index (χ0) is 20.9. The Morgan fingerprint density at radius 2 is 2.00 bits per heavy atom. The highest BCUT2D eigenvalue weighted by atomic mass is 35.5. The SMILES string of the molecule is NC1CCC(C(=O)Nc2cc(-c3cncc(NCC4CCOCC4)n3)c(Cl)cn2)C1. The van der Waals surface area contributed by atoms with Gasteiger partial charge in [0.15, 0.2) is 0 Å². The molecule has 160 valence electrons. The molecule has 2 aromatic rings. The summed E-state index contributed by atoms with van der Waals surface area (Å²) in [5, 5.41) is 6.70. The Hall–Kier alpha value is -2.29. The van der Waals surface area contributed by atoms with Crippen LogP contribution in [0.15, 0.2) is 24.7 Å². The van der Waals surface area contributed by atoms with Gasteiger partial charge in [0.2, 0.25) is 5.91 Å². The summed E-state index contributed by atoms with van der Waals surface area (Å²) in [5.41, 5.74) is 7.22. The van der Waals surface area contributed by atoms with Crippen LogP contribution in [0.5, 0.6) is 0 Å². The third-order valence-electron chi connectivity index (χ3n) is 5.77. The first-order valence-electron chi connectivity index (χ1n) is 10.4. The zero-order valence-corrected chi connectivity index (χ0v) is 17.6. The van der Waals surface area contributed by atoms with Crippen molar-refractivity contribution >= 4 is 29.1 Å². The normalized spacial score (nSPS) is 22.1. The first-order chi connectivity index (χ1) is 14.6. The predicted molar refractivity (Wildman–Crippen MR) is 116 cm³/mol. The molecule has 9 heteroatoms. The first kappa shape index (κ1) is 21.0. The number of halogens is 1. The van der Waals surface area contributed by atoms with Crippen molar-refractivity contribution in [3.8, 4) is 11.3 Å². The van der Waals surface area contributed by atoms with Crippen LogP contribution in [-0.2, 0) is 9.53 Å². The number of carbonyl (C=O) groups is 1. The smallest absolute Gasteiger partial charge is 0.228 e. The number of rotatable bonds is 6. The topological polar surface area (TPSA) is 115 Å². The van der Waals surface area contributed by atoms with E-state index in [4.69, 9.17) is 22.1 Å². The highest BCUT2D eigenvalue weighted by molar-refractivity contribution is 6.33. The average molecular weight is 431 g/mol. The van der Waals surface area contributed by atoms with Gasteiger partial charge in [-0.15, -0.1) is 0 Å². The van der Waals surface area contributed by atoms with Crippen molar-refractivity contribution in [2.75, 3.05) is 30.4 Å². The van der Waals surface area contributed by atoms with Crippen molar-refractivity contribution in [2.24, 2.45) is 17.6 Å². The number of carbonyl (C=O) groups excluding carboxylic acids is 1. The Morgan fingerprint density at radius 3 is 2.77 bits per heavy atom. The van der Waals surface area contributed by atoms with E-state index in [1.165, 1.54) is 6.20 Å². The summed E-state index contributed by atoms with van der Waals surface area (Å²) in [6, 6.07) is 1.84. The van der Waals surface area contributed by atoms with Crippen LogP contribution in [0, 0.1) is 11.8 Å². The van der Waals surface area contributed by atoms with Crippen LogP contribution in [-0.4, -0.2) is 46.7 Å². The number of ether oxygens (including phenoxy) is 1. The highest BCUT2D eigenvalue weighted by Crippen LogP contribution is 2.30. The quantitative estimate of drug-likeness (QED) is 0.644. The van der Waals surface area contributed by atoms with Gasteiger partial charge in [0.25, 0.3) is 0 Å². The lowest BCUT2D eigenvalue weighted by molar-refractivity contribution is -0.119. The number of pyridine rings is 1. The fraction of sp³-hybridized carbons (Fsp3) is 0.524. The molecular weight excluding hydrogens is 404 g/mol. The standard InChI is InChI=1S/C21H27ClN6O2/c22-17-10-26-19(28-21(29)14-1-2-15(23)7-14)8-16(17)18-11-24-12-20(27-18)25-9-13-3-5-30-6-4-13/h8,10-15H,1-7,9,23H2,(H,25,27)(H,26,28,29). The van der Waals surface area contributed by atoms with Crippen LogP contribution in [0.2, 0.25) is 5.02 Å². The van der Waals surface area contributed by atoms with E-state index in [2.05, 4.69) is 25.6 Å². The molecule has 1 aliphatic carbocycles. The van der Waals surface area contributed by atoms with E-state index in [1.54, 1.807) is 18.5 Å². The molecular formula is C21H27ClN6O2. The Balaban J connectivity index is 1.45. The highest BCUT2D eigenvalue weighted by Gasteiger charge is 2.28. The summed E-state index contributed by atoms with van der Waals surface area (Å²) < 4.78 is 5.41. The molecule has 0 aromatic carbocycles. The summed E-state index contributed by atoms with van der Waals surface area (Å²) in [7, 11) is 0. The van der Waals surface area contributed by atoms with Gasteiger partial charge < -0.3 is 21.1 Å². The number of amides is 1. The molecule has 0 radical (unpaired) electrons. The molecule has 2 atom stereocenters. The maximum Gasteiger partial charge on any atom is 0.228 e. The second kappa shape index (κ2) is 9.68. The molecule has 2 fully saturated rings.